The molecule has 17 heavy (non-hydrogen) atoms. The van der Waals surface area contributed by atoms with Crippen LogP contribution in [0.1, 0.15) is 18.6 Å². The largest absolute Gasteiger partial charge is 0.385 e. The van der Waals surface area contributed by atoms with Crippen molar-refractivity contribution < 1.29 is 13.5 Å². The van der Waals surface area contributed by atoms with E-state index in [1.807, 2.05) is 0 Å². The van der Waals surface area contributed by atoms with Crippen LogP contribution in [0.15, 0.2) is 28.7 Å². The summed E-state index contributed by atoms with van der Waals surface area (Å²) in [6.45, 7) is 1.47. The molecular weight excluding hydrogens is 395 g/mol. The summed E-state index contributed by atoms with van der Waals surface area (Å²) < 4.78 is 22.4. The SMILES string of the molecule is CCS(=O)(=O)[C@@](Cl)(Br)[C@H](O)c1ccc(Br)cc1. The minimum atomic E-state index is -3.63. The number of benzene rings is 1. The van der Waals surface area contributed by atoms with Gasteiger partial charge in [-0.15, -0.1) is 0 Å². The summed E-state index contributed by atoms with van der Waals surface area (Å²) in [4.78, 5) is 0. The maximum absolute atomic E-state index is 11.8. The maximum atomic E-state index is 11.8. The minimum Gasteiger partial charge on any atom is -0.385 e. The second kappa shape index (κ2) is 5.57. The van der Waals surface area contributed by atoms with Gasteiger partial charge >= 0.3 is 0 Å². The zero-order chi connectivity index (χ0) is 13.3. The van der Waals surface area contributed by atoms with Crippen molar-refractivity contribution in [1.29, 1.82) is 0 Å². The first-order chi connectivity index (χ1) is 7.72. The lowest BCUT2D eigenvalue weighted by atomic mass is 10.1. The molecule has 0 spiro atoms. The van der Waals surface area contributed by atoms with E-state index in [1.54, 1.807) is 24.3 Å². The molecule has 0 fully saturated rings. The number of alkyl halides is 2. The van der Waals surface area contributed by atoms with Crippen LogP contribution in [0.5, 0.6) is 0 Å². The van der Waals surface area contributed by atoms with E-state index in [2.05, 4.69) is 31.9 Å². The van der Waals surface area contributed by atoms with E-state index in [1.165, 1.54) is 6.92 Å². The highest BCUT2D eigenvalue weighted by Gasteiger charge is 2.45. The monoisotopic (exact) mass is 404 g/mol. The van der Waals surface area contributed by atoms with E-state index in [-0.39, 0.29) is 5.75 Å². The molecule has 1 aromatic carbocycles. The molecule has 0 aliphatic heterocycles. The van der Waals surface area contributed by atoms with Crippen LogP contribution in [-0.4, -0.2) is 22.4 Å². The normalized spacial score (nSPS) is 17.5. The summed E-state index contributed by atoms with van der Waals surface area (Å²) in [5, 5.41) is 10.0. The highest BCUT2D eigenvalue weighted by Crippen LogP contribution is 2.43. The summed E-state index contributed by atoms with van der Waals surface area (Å²) >= 11 is 12.1. The molecule has 0 saturated carbocycles. The van der Waals surface area contributed by atoms with E-state index >= 15 is 0 Å². The lowest BCUT2D eigenvalue weighted by Crippen LogP contribution is -2.34. The van der Waals surface area contributed by atoms with E-state index < -0.39 is 19.1 Å². The Morgan fingerprint density at radius 1 is 1.41 bits per heavy atom. The van der Waals surface area contributed by atoms with Gasteiger partial charge in [-0.25, -0.2) is 8.42 Å². The Bertz CT molecular complexity index is 485. The summed E-state index contributed by atoms with van der Waals surface area (Å²) in [5.41, 5.74) is 0.428. The minimum absolute atomic E-state index is 0.157. The fourth-order valence-corrected chi connectivity index (χ4v) is 3.73. The lowest BCUT2D eigenvalue weighted by molar-refractivity contribution is 0.185. The summed E-state index contributed by atoms with van der Waals surface area (Å²) in [7, 11) is -3.63. The predicted molar refractivity (Wildman–Crippen MR) is 76.1 cm³/mol. The lowest BCUT2D eigenvalue weighted by Gasteiger charge is -2.25. The summed E-state index contributed by atoms with van der Waals surface area (Å²) in [5.74, 6) is -0.157. The van der Waals surface area contributed by atoms with Crippen LogP contribution in [0.4, 0.5) is 0 Å². The Morgan fingerprint density at radius 2 is 1.88 bits per heavy atom. The molecule has 1 aromatic rings. The Labute approximate surface area is 122 Å². The third-order valence-electron chi connectivity index (χ3n) is 2.30. The van der Waals surface area contributed by atoms with Crippen molar-refractivity contribution >= 4 is 53.3 Å². The zero-order valence-corrected chi connectivity index (χ0v) is 13.6. The molecule has 2 atom stereocenters. The van der Waals surface area contributed by atoms with Crippen LogP contribution in [-0.2, 0) is 9.84 Å². The number of sulfone groups is 1. The molecule has 0 radical (unpaired) electrons. The molecule has 0 amide bonds. The van der Waals surface area contributed by atoms with Gasteiger partial charge in [-0.1, -0.05) is 46.6 Å². The van der Waals surface area contributed by atoms with Crippen molar-refractivity contribution in [1.82, 2.24) is 0 Å². The van der Waals surface area contributed by atoms with Crippen LogP contribution < -0.4 is 0 Å². The fourth-order valence-electron chi connectivity index (χ4n) is 1.20. The van der Waals surface area contributed by atoms with Crippen molar-refractivity contribution in [2.24, 2.45) is 0 Å². The Kier molecular flexibility index (Phi) is 5.06. The van der Waals surface area contributed by atoms with Gasteiger partial charge in [0.2, 0.25) is 3.12 Å². The number of hydrogen-bond donors (Lipinski definition) is 1. The molecular formula is C10H11Br2ClO3S. The fraction of sp³-hybridized carbons (Fsp3) is 0.400. The Morgan fingerprint density at radius 3 is 2.29 bits per heavy atom. The van der Waals surface area contributed by atoms with Crippen LogP contribution >= 0.6 is 43.5 Å². The second-order valence-corrected chi connectivity index (χ2v) is 9.84. The standard InChI is InChI=1S/C10H11Br2ClO3S/c1-2-17(15,16)10(12,13)9(14)7-3-5-8(11)6-4-7/h3-6,9,14H,2H2,1H3/t9-,10-/m1/s1. The summed E-state index contributed by atoms with van der Waals surface area (Å²) in [6.07, 6.45) is -1.35. The highest BCUT2D eigenvalue weighted by atomic mass is 79.9. The van der Waals surface area contributed by atoms with Gasteiger partial charge in [0.15, 0.2) is 9.84 Å². The first kappa shape index (κ1) is 15.4. The highest BCUT2D eigenvalue weighted by molar-refractivity contribution is 9.12. The van der Waals surface area contributed by atoms with E-state index in [4.69, 9.17) is 11.6 Å². The molecule has 3 nitrogen and oxygen atoms in total. The summed E-state index contributed by atoms with van der Waals surface area (Å²) in [6, 6.07) is 6.63. The molecule has 1 rings (SSSR count). The molecule has 96 valence electrons. The number of hydrogen-bond acceptors (Lipinski definition) is 3. The smallest absolute Gasteiger partial charge is 0.229 e. The van der Waals surface area contributed by atoms with E-state index in [9.17, 15) is 13.5 Å². The number of halogens is 3. The molecule has 0 heterocycles. The van der Waals surface area contributed by atoms with Crippen LogP contribution in [0.3, 0.4) is 0 Å². The Balaban J connectivity index is 3.12. The van der Waals surface area contributed by atoms with Crippen LogP contribution in [0.25, 0.3) is 0 Å². The van der Waals surface area contributed by atoms with Crippen LogP contribution in [0.2, 0.25) is 0 Å². The van der Waals surface area contributed by atoms with Crippen LogP contribution in [0, 0.1) is 0 Å². The number of rotatable bonds is 4. The molecule has 0 aliphatic carbocycles. The predicted octanol–water partition coefficient (Wildman–Crippen LogP) is 3.20. The molecule has 7 heteroatoms. The molecule has 0 bridgehead atoms. The third kappa shape index (κ3) is 3.23. The van der Waals surface area contributed by atoms with Gasteiger partial charge in [-0.05, 0) is 33.6 Å². The average Bonchev–Trinajstić information content (AvgIpc) is 2.28. The van der Waals surface area contributed by atoms with Gasteiger partial charge in [0.25, 0.3) is 0 Å². The third-order valence-corrected chi connectivity index (χ3v) is 7.47. The van der Waals surface area contributed by atoms with Gasteiger partial charge < -0.3 is 5.11 Å². The zero-order valence-electron chi connectivity index (χ0n) is 8.90. The van der Waals surface area contributed by atoms with Crippen molar-refractivity contribution in [2.45, 2.75) is 16.1 Å². The number of aliphatic hydroxyl groups is 1. The van der Waals surface area contributed by atoms with Crippen molar-refractivity contribution in [3.05, 3.63) is 34.3 Å². The molecule has 0 unspecified atom stereocenters. The van der Waals surface area contributed by atoms with Gasteiger partial charge in [0, 0.05) is 4.47 Å². The Hall–Kier alpha value is 0.380. The van der Waals surface area contributed by atoms with Gasteiger partial charge in [-0.3, -0.25) is 0 Å². The van der Waals surface area contributed by atoms with Crippen molar-refractivity contribution in [2.75, 3.05) is 5.75 Å². The van der Waals surface area contributed by atoms with Crippen molar-refractivity contribution in [3.8, 4) is 0 Å². The molecule has 0 aliphatic rings. The molecule has 0 saturated heterocycles. The van der Waals surface area contributed by atoms with Gasteiger partial charge in [0.05, 0.1) is 5.75 Å². The van der Waals surface area contributed by atoms with Gasteiger partial charge in [0.1, 0.15) is 6.10 Å². The van der Waals surface area contributed by atoms with Gasteiger partial charge in [-0.2, -0.15) is 0 Å². The topological polar surface area (TPSA) is 54.4 Å². The maximum Gasteiger partial charge on any atom is 0.229 e. The second-order valence-electron chi connectivity index (χ2n) is 3.42. The first-order valence-electron chi connectivity index (χ1n) is 4.76. The molecule has 0 aromatic heterocycles. The molecule has 1 N–H and O–H groups in total. The van der Waals surface area contributed by atoms with E-state index in [0.717, 1.165) is 4.47 Å². The quantitative estimate of drug-likeness (QED) is 0.782. The average molecular weight is 407 g/mol. The number of aliphatic hydroxyl groups excluding tert-OH is 1. The van der Waals surface area contributed by atoms with E-state index in [0.29, 0.717) is 5.56 Å². The first-order valence-corrected chi connectivity index (χ1v) is 8.37. The van der Waals surface area contributed by atoms with Crippen molar-refractivity contribution in [3.63, 3.8) is 0 Å².